The van der Waals surface area contributed by atoms with Gasteiger partial charge in [-0.05, 0) is 49.7 Å². The summed E-state index contributed by atoms with van der Waals surface area (Å²) in [4.78, 5) is 28.1. The first-order valence-corrected chi connectivity index (χ1v) is 7.59. The van der Waals surface area contributed by atoms with Gasteiger partial charge in [-0.15, -0.1) is 0 Å². The Labute approximate surface area is 123 Å². The lowest BCUT2D eigenvalue weighted by Gasteiger charge is -2.28. The van der Waals surface area contributed by atoms with Gasteiger partial charge in [0.25, 0.3) is 5.91 Å². The highest BCUT2D eigenvalue weighted by Crippen LogP contribution is 2.48. The van der Waals surface area contributed by atoms with Gasteiger partial charge in [0.1, 0.15) is 5.69 Å². The molecule has 0 saturated heterocycles. The van der Waals surface area contributed by atoms with Crippen LogP contribution in [-0.4, -0.2) is 28.0 Å². The second-order valence-corrected chi connectivity index (χ2v) is 6.06. The van der Waals surface area contributed by atoms with Gasteiger partial charge in [-0.3, -0.25) is 9.59 Å². The molecule has 5 nitrogen and oxygen atoms in total. The van der Waals surface area contributed by atoms with Crippen molar-refractivity contribution in [2.24, 2.45) is 17.8 Å². The number of hydrogen-bond donors (Lipinski definition) is 2. The second kappa shape index (κ2) is 5.47. The SMILES string of the molecule is CCc1cccc(C(=O)N[C@H]2[C@@H]3CC[C@@H](C3)[C@H]2C(=O)O)n1. The van der Waals surface area contributed by atoms with Crippen LogP contribution in [-0.2, 0) is 11.2 Å². The molecule has 2 N–H and O–H groups in total. The van der Waals surface area contributed by atoms with Crippen LogP contribution in [0.4, 0.5) is 0 Å². The number of carboxylic acids is 1. The molecule has 0 radical (unpaired) electrons. The fraction of sp³-hybridized carbons (Fsp3) is 0.562. The maximum absolute atomic E-state index is 12.3. The van der Waals surface area contributed by atoms with Crippen molar-refractivity contribution in [3.8, 4) is 0 Å². The zero-order valence-corrected chi connectivity index (χ0v) is 12.1. The predicted octanol–water partition coefficient (Wildman–Crippen LogP) is 1.87. The molecule has 2 fully saturated rings. The second-order valence-electron chi connectivity index (χ2n) is 6.06. The number of carboxylic acid groups (broad SMARTS) is 1. The van der Waals surface area contributed by atoms with Gasteiger partial charge < -0.3 is 10.4 Å². The Bertz CT molecular complexity index is 572. The minimum Gasteiger partial charge on any atom is -0.481 e. The molecule has 3 rings (SSSR count). The van der Waals surface area contributed by atoms with Gasteiger partial charge in [0, 0.05) is 11.7 Å². The molecule has 0 aromatic carbocycles. The number of nitrogens with zero attached hydrogens (tertiary/aromatic N) is 1. The summed E-state index contributed by atoms with van der Waals surface area (Å²) in [6.45, 7) is 1.99. The maximum atomic E-state index is 12.3. The third kappa shape index (κ3) is 2.52. The van der Waals surface area contributed by atoms with E-state index >= 15 is 0 Å². The summed E-state index contributed by atoms with van der Waals surface area (Å²) in [5, 5.41) is 12.3. The molecule has 2 saturated carbocycles. The van der Waals surface area contributed by atoms with Crippen LogP contribution in [0.25, 0.3) is 0 Å². The molecule has 5 heteroatoms. The van der Waals surface area contributed by atoms with E-state index in [0.717, 1.165) is 31.4 Å². The van der Waals surface area contributed by atoms with E-state index in [1.807, 2.05) is 19.1 Å². The van der Waals surface area contributed by atoms with Crippen LogP contribution < -0.4 is 5.32 Å². The van der Waals surface area contributed by atoms with E-state index in [-0.39, 0.29) is 17.9 Å². The minimum absolute atomic E-state index is 0.215. The number of amides is 1. The van der Waals surface area contributed by atoms with Gasteiger partial charge >= 0.3 is 5.97 Å². The zero-order chi connectivity index (χ0) is 15.0. The number of carbonyl (C=O) groups excluding carboxylic acids is 1. The van der Waals surface area contributed by atoms with E-state index in [4.69, 9.17) is 0 Å². The van der Waals surface area contributed by atoms with E-state index in [1.54, 1.807) is 6.07 Å². The fourth-order valence-corrected chi connectivity index (χ4v) is 3.88. The summed E-state index contributed by atoms with van der Waals surface area (Å²) < 4.78 is 0. The van der Waals surface area contributed by atoms with Crippen LogP contribution >= 0.6 is 0 Å². The predicted molar refractivity (Wildman–Crippen MR) is 76.8 cm³/mol. The summed E-state index contributed by atoms with van der Waals surface area (Å²) in [6.07, 6.45) is 3.68. The van der Waals surface area contributed by atoms with Crippen molar-refractivity contribution in [3.63, 3.8) is 0 Å². The number of fused-ring (bicyclic) bond motifs is 2. The van der Waals surface area contributed by atoms with Crippen molar-refractivity contribution < 1.29 is 14.7 Å². The van der Waals surface area contributed by atoms with Gasteiger partial charge in [0.2, 0.25) is 0 Å². The summed E-state index contributed by atoms with van der Waals surface area (Å²) in [7, 11) is 0. The smallest absolute Gasteiger partial charge is 0.308 e. The van der Waals surface area contributed by atoms with Crippen molar-refractivity contribution in [2.45, 2.75) is 38.6 Å². The first-order valence-electron chi connectivity index (χ1n) is 7.59. The normalized spacial score (nSPS) is 30.3. The summed E-state index contributed by atoms with van der Waals surface area (Å²) in [6, 6.07) is 5.13. The van der Waals surface area contributed by atoms with Crippen molar-refractivity contribution in [1.82, 2.24) is 10.3 Å². The van der Waals surface area contributed by atoms with Gasteiger partial charge in [0.15, 0.2) is 0 Å². The van der Waals surface area contributed by atoms with Gasteiger partial charge in [0.05, 0.1) is 5.92 Å². The number of pyridine rings is 1. The standard InChI is InChI=1S/C16H20N2O3/c1-2-11-4-3-5-12(17-11)15(19)18-14-10-7-6-9(8-10)13(14)16(20)21/h3-5,9-10,13-14H,2,6-8H2,1H3,(H,18,19)(H,20,21)/t9-,10+,13+,14-/m0/s1. The Morgan fingerprint density at radius 1 is 1.33 bits per heavy atom. The average molecular weight is 288 g/mol. The largest absolute Gasteiger partial charge is 0.481 e. The topological polar surface area (TPSA) is 79.3 Å². The molecule has 2 aliphatic rings. The van der Waals surface area contributed by atoms with Crippen molar-refractivity contribution in [1.29, 1.82) is 0 Å². The van der Waals surface area contributed by atoms with Crippen molar-refractivity contribution in [2.75, 3.05) is 0 Å². The first kappa shape index (κ1) is 14.0. The molecule has 4 atom stereocenters. The van der Waals surface area contributed by atoms with Crippen molar-refractivity contribution in [3.05, 3.63) is 29.6 Å². The summed E-state index contributed by atoms with van der Waals surface area (Å²) in [5.74, 6) is -0.971. The summed E-state index contributed by atoms with van der Waals surface area (Å²) in [5.41, 5.74) is 1.24. The zero-order valence-electron chi connectivity index (χ0n) is 12.1. The molecule has 2 aliphatic carbocycles. The maximum Gasteiger partial charge on any atom is 0.308 e. The third-order valence-electron chi connectivity index (χ3n) is 4.90. The highest BCUT2D eigenvalue weighted by atomic mass is 16.4. The molecule has 1 aromatic rings. The summed E-state index contributed by atoms with van der Waals surface area (Å²) >= 11 is 0. The molecular formula is C16H20N2O3. The van der Waals surface area contributed by atoms with Gasteiger partial charge in [-0.2, -0.15) is 0 Å². The lowest BCUT2D eigenvalue weighted by atomic mass is 9.84. The molecule has 21 heavy (non-hydrogen) atoms. The van der Waals surface area contributed by atoms with Crippen molar-refractivity contribution >= 4 is 11.9 Å². The number of carbonyl (C=O) groups is 2. The molecule has 1 heterocycles. The number of aliphatic carboxylic acids is 1. The first-order chi connectivity index (χ1) is 10.1. The van der Waals surface area contributed by atoms with E-state index < -0.39 is 11.9 Å². The molecule has 0 spiro atoms. The van der Waals surface area contributed by atoms with E-state index in [0.29, 0.717) is 11.6 Å². The molecule has 0 aliphatic heterocycles. The molecule has 1 aromatic heterocycles. The van der Waals surface area contributed by atoms with E-state index in [2.05, 4.69) is 10.3 Å². The van der Waals surface area contributed by atoms with Crippen LogP contribution in [0, 0.1) is 17.8 Å². The lowest BCUT2D eigenvalue weighted by Crippen LogP contribution is -2.47. The van der Waals surface area contributed by atoms with Crippen LogP contribution in [0.2, 0.25) is 0 Å². The number of aryl methyl sites for hydroxylation is 1. The Morgan fingerprint density at radius 2 is 2.10 bits per heavy atom. The quantitative estimate of drug-likeness (QED) is 0.886. The lowest BCUT2D eigenvalue weighted by molar-refractivity contribution is -0.144. The van der Waals surface area contributed by atoms with Gasteiger partial charge in [-0.25, -0.2) is 4.98 Å². The highest BCUT2D eigenvalue weighted by molar-refractivity contribution is 5.93. The number of hydrogen-bond acceptors (Lipinski definition) is 3. The average Bonchev–Trinajstić information content (AvgIpc) is 3.08. The molecular weight excluding hydrogens is 268 g/mol. The Kier molecular flexibility index (Phi) is 3.66. The monoisotopic (exact) mass is 288 g/mol. The molecule has 112 valence electrons. The highest BCUT2D eigenvalue weighted by Gasteiger charge is 2.51. The Balaban J connectivity index is 1.76. The Hall–Kier alpha value is -1.91. The van der Waals surface area contributed by atoms with Crippen LogP contribution in [0.15, 0.2) is 18.2 Å². The van der Waals surface area contributed by atoms with Crippen LogP contribution in [0.3, 0.4) is 0 Å². The minimum atomic E-state index is -0.789. The molecule has 2 bridgehead atoms. The van der Waals surface area contributed by atoms with E-state index in [1.165, 1.54) is 0 Å². The van der Waals surface area contributed by atoms with Crippen LogP contribution in [0.5, 0.6) is 0 Å². The van der Waals surface area contributed by atoms with Gasteiger partial charge in [-0.1, -0.05) is 13.0 Å². The Morgan fingerprint density at radius 3 is 2.81 bits per heavy atom. The molecule has 1 amide bonds. The fourth-order valence-electron chi connectivity index (χ4n) is 3.88. The number of rotatable bonds is 4. The third-order valence-corrected chi connectivity index (χ3v) is 4.90. The van der Waals surface area contributed by atoms with Crippen LogP contribution in [0.1, 0.15) is 42.4 Å². The molecule has 0 unspecified atom stereocenters. The number of aromatic nitrogens is 1. The number of nitrogens with one attached hydrogen (secondary N) is 1. The van der Waals surface area contributed by atoms with E-state index in [9.17, 15) is 14.7 Å².